The molecule has 0 saturated heterocycles. The Morgan fingerprint density at radius 3 is 2.48 bits per heavy atom. The van der Waals surface area contributed by atoms with E-state index in [9.17, 15) is 9.59 Å². The minimum atomic E-state index is -0.550. The van der Waals surface area contributed by atoms with Gasteiger partial charge in [-0.15, -0.1) is 0 Å². The van der Waals surface area contributed by atoms with Crippen LogP contribution in [0.25, 0.3) is 0 Å². The minimum absolute atomic E-state index is 0.0458. The van der Waals surface area contributed by atoms with Gasteiger partial charge < -0.3 is 15.0 Å². The second kappa shape index (κ2) is 8.25. The number of para-hydroxylation sites is 1. The molecule has 27 heavy (non-hydrogen) atoms. The summed E-state index contributed by atoms with van der Waals surface area (Å²) >= 11 is 0. The topological polar surface area (TPSA) is 58.6 Å². The van der Waals surface area contributed by atoms with Gasteiger partial charge in [-0.2, -0.15) is 0 Å². The van der Waals surface area contributed by atoms with Crippen LogP contribution < -0.4 is 15.0 Å². The second-order valence-electron chi connectivity index (χ2n) is 7.25. The molecule has 0 radical (unpaired) electrons. The standard InChI is InChI=1S/C22H26N2O3/c1-15(2)14-19(23-21(25)17-8-10-18(27-3)11-9-17)22(26)24-13-12-16-6-4-5-7-20(16)24/h4-11,15,19H,12-14H2,1-3H3,(H,23,25)/t19-/m0/s1. The third kappa shape index (κ3) is 4.30. The number of fused-ring (bicyclic) bond motifs is 1. The normalized spacial score (nSPS) is 14.0. The Morgan fingerprint density at radius 1 is 1.11 bits per heavy atom. The van der Waals surface area contributed by atoms with Crippen LogP contribution in [-0.2, 0) is 11.2 Å². The molecule has 1 atom stereocenters. The van der Waals surface area contributed by atoms with Gasteiger partial charge in [-0.25, -0.2) is 0 Å². The fourth-order valence-electron chi connectivity index (χ4n) is 3.43. The molecule has 2 aromatic carbocycles. The summed E-state index contributed by atoms with van der Waals surface area (Å²) in [6, 6.07) is 14.3. The monoisotopic (exact) mass is 366 g/mol. The Bertz CT molecular complexity index is 815. The fourth-order valence-corrected chi connectivity index (χ4v) is 3.43. The third-order valence-electron chi connectivity index (χ3n) is 4.82. The molecule has 2 amide bonds. The lowest BCUT2D eigenvalue weighted by Crippen LogP contribution is -2.49. The molecule has 1 N–H and O–H groups in total. The Labute approximate surface area is 160 Å². The van der Waals surface area contributed by atoms with Gasteiger partial charge in [-0.05, 0) is 54.7 Å². The Balaban J connectivity index is 1.77. The molecule has 0 saturated carbocycles. The summed E-state index contributed by atoms with van der Waals surface area (Å²) in [6.07, 6.45) is 1.45. The van der Waals surface area contributed by atoms with Crippen LogP contribution in [0.4, 0.5) is 5.69 Å². The van der Waals surface area contributed by atoms with Crippen molar-refractivity contribution in [2.75, 3.05) is 18.6 Å². The summed E-state index contributed by atoms with van der Waals surface area (Å²) in [4.78, 5) is 27.7. The molecule has 142 valence electrons. The van der Waals surface area contributed by atoms with Crippen LogP contribution in [0, 0.1) is 5.92 Å². The highest BCUT2D eigenvalue weighted by Gasteiger charge is 2.31. The van der Waals surface area contributed by atoms with Gasteiger partial charge in [0.25, 0.3) is 5.91 Å². The van der Waals surface area contributed by atoms with Crippen molar-refractivity contribution >= 4 is 17.5 Å². The van der Waals surface area contributed by atoms with Gasteiger partial charge in [-0.1, -0.05) is 32.0 Å². The van der Waals surface area contributed by atoms with Gasteiger partial charge in [0.15, 0.2) is 0 Å². The summed E-state index contributed by atoms with van der Waals surface area (Å²) in [5, 5.41) is 2.94. The number of rotatable bonds is 6. The lowest BCUT2D eigenvalue weighted by atomic mass is 10.0. The van der Waals surface area contributed by atoms with Gasteiger partial charge in [0, 0.05) is 17.8 Å². The average Bonchev–Trinajstić information content (AvgIpc) is 3.10. The van der Waals surface area contributed by atoms with E-state index in [1.54, 1.807) is 36.3 Å². The van der Waals surface area contributed by atoms with Gasteiger partial charge in [0.05, 0.1) is 7.11 Å². The lowest BCUT2D eigenvalue weighted by molar-refractivity contribution is -0.120. The molecule has 2 aromatic rings. The number of hydrogen-bond donors (Lipinski definition) is 1. The molecule has 0 spiro atoms. The van der Waals surface area contributed by atoms with Crippen molar-refractivity contribution in [3.8, 4) is 5.75 Å². The van der Waals surface area contributed by atoms with E-state index >= 15 is 0 Å². The fraction of sp³-hybridized carbons (Fsp3) is 0.364. The Morgan fingerprint density at radius 2 is 1.81 bits per heavy atom. The van der Waals surface area contributed by atoms with E-state index in [4.69, 9.17) is 4.74 Å². The SMILES string of the molecule is COc1ccc(C(=O)N[C@@H](CC(C)C)C(=O)N2CCc3ccccc32)cc1. The first kappa shape index (κ1) is 19.0. The molecular weight excluding hydrogens is 340 g/mol. The number of benzene rings is 2. The highest BCUT2D eigenvalue weighted by Crippen LogP contribution is 2.28. The maximum Gasteiger partial charge on any atom is 0.251 e. The first-order valence-electron chi connectivity index (χ1n) is 9.33. The number of carbonyl (C=O) groups is 2. The van der Waals surface area contributed by atoms with E-state index in [1.165, 1.54) is 5.56 Å². The molecular formula is C22H26N2O3. The Hall–Kier alpha value is -2.82. The number of amides is 2. The van der Waals surface area contributed by atoms with Crippen LogP contribution in [0.3, 0.4) is 0 Å². The summed E-state index contributed by atoms with van der Waals surface area (Å²) in [6.45, 7) is 4.76. The number of nitrogens with one attached hydrogen (secondary N) is 1. The highest BCUT2D eigenvalue weighted by molar-refractivity contribution is 6.03. The van der Waals surface area contributed by atoms with E-state index < -0.39 is 6.04 Å². The van der Waals surface area contributed by atoms with E-state index in [2.05, 4.69) is 25.2 Å². The third-order valence-corrected chi connectivity index (χ3v) is 4.82. The molecule has 0 bridgehead atoms. The zero-order chi connectivity index (χ0) is 19.4. The number of methoxy groups -OCH3 is 1. The molecule has 0 fully saturated rings. The maximum atomic E-state index is 13.2. The van der Waals surface area contributed by atoms with Crippen LogP contribution in [0.5, 0.6) is 5.75 Å². The van der Waals surface area contributed by atoms with Gasteiger partial charge in [0.2, 0.25) is 5.91 Å². The van der Waals surface area contributed by atoms with E-state index in [0.29, 0.717) is 24.3 Å². The van der Waals surface area contributed by atoms with Crippen molar-refractivity contribution in [1.82, 2.24) is 5.32 Å². The minimum Gasteiger partial charge on any atom is -0.497 e. The van der Waals surface area contributed by atoms with E-state index in [1.807, 2.05) is 18.2 Å². The number of nitrogens with zero attached hydrogens (tertiary/aromatic N) is 1. The maximum absolute atomic E-state index is 13.2. The highest BCUT2D eigenvalue weighted by atomic mass is 16.5. The smallest absolute Gasteiger partial charge is 0.251 e. The molecule has 0 unspecified atom stereocenters. The largest absolute Gasteiger partial charge is 0.497 e. The van der Waals surface area contributed by atoms with Gasteiger partial charge >= 0.3 is 0 Å². The molecule has 3 rings (SSSR count). The average molecular weight is 366 g/mol. The summed E-state index contributed by atoms with van der Waals surface area (Å²) < 4.78 is 5.13. The van der Waals surface area contributed by atoms with Crippen molar-refractivity contribution in [3.05, 3.63) is 59.7 Å². The van der Waals surface area contributed by atoms with Gasteiger partial charge in [-0.3, -0.25) is 9.59 Å². The van der Waals surface area contributed by atoms with Crippen LogP contribution in [0.2, 0.25) is 0 Å². The predicted octanol–water partition coefficient (Wildman–Crippen LogP) is 3.43. The molecule has 1 aliphatic rings. The summed E-state index contributed by atoms with van der Waals surface area (Å²) in [7, 11) is 1.58. The number of ether oxygens (including phenoxy) is 1. The molecule has 1 heterocycles. The lowest BCUT2D eigenvalue weighted by Gasteiger charge is -2.26. The first-order chi connectivity index (χ1) is 13.0. The summed E-state index contributed by atoms with van der Waals surface area (Å²) in [5.74, 6) is 0.683. The predicted molar refractivity (Wildman–Crippen MR) is 106 cm³/mol. The van der Waals surface area contributed by atoms with Crippen LogP contribution in [0.15, 0.2) is 48.5 Å². The van der Waals surface area contributed by atoms with E-state index in [-0.39, 0.29) is 17.7 Å². The van der Waals surface area contributed by atoms with Crippen molar-refractivity contribution in [3.63, 3.8) is 0 Å². The van der Waals surface area contributed by atoms with Crippen molar-refractivity contribution in [2.45, 2.75) is 32.7 Å². The number of anilines is 1. The molecule has 5 heteroatoms. The van der Waals surface area contributed by atoms with Crippen LogP contribution in [0.1, 0.15) is 36.2 Å². The van der Waals surface area contributed by atoms with Crippen molar-refractivity contribution < 1.29 is 14.3 Å². The molecule has 0 aromatic heterocycles. The number of hydrogen-bond acceptors (Lipinski definition) is 3. The van der Waals surface area contributed by atoms with E-state index in [0.717, 1.165) is 12.1 Å². The van der Waals surface area contributed by atoms with Crippen LogP contribution >= 0.6 is 0 Å². The first-order valence-corrected chi connectivity index (χ1v) is 9.33. The Kier molecular flexibility index (Phi) is 5.79. The quantitative estimate of drug-likeness (QED) is 0.852. The molecule has 0 aliphatic carbocycles. The molecule has 1 aliphatic heterocycles. The van der Waals surface area contributed by atoms with Crippen molar-refractivity contribution in [2.24, 2.45) is 5.92 Å². The van der Waals surface area contributed by atoms with Crippen LogP contribution in [-0.4, -0.2) is 31.5 Å². The number of carbonyl (C=O) groups excluding carboxylic acids is 2. The molecule has 5 nitrogen and oxygen atoms in total. The zero-order valence-electron chi connectivity index (χ0n) is 16.1. The zero-order valence-corrected chi connectivity index (χ0v) is 16.1. The second-order valence-corrected chi connectivity index (χ2v) is 7.25. The summed E-state index contributed by atoms with van der Waals surface area (Å²) in [5.41, 5.74) is 2.64. The van der Waals surface area contributed by atoms with Gasteiger partial charge in [0.1, 0.15) is 11.8 Å². The van der Waals surface area contributed by atoms with Crippen molar-refractivity contribution in [1.29, 1.82) is 0 Å².